The molecule has 0 saturated carbocycles. The second kappa shape index (κ2) is 5.89. The third kappa shape index (κ3) is 2.85. The first kappa shape index (κ1) is 13.5. The lowest BCUT2D eigenvalue weighted by Crippen LogP contribution is -2.23. The molecule has 2 aromatic rings. The molecule has 3 nitrogen and oxygen atoms in total. The number of hydrogen-bond acceptors (Lipinski definition) is 6. The van der Waals surface area contributed by atoms with Gasteiger partial charge in [0.15, 0.2) is 0 Å². The Morgan fingerprint density at radius 3 is 3.00 bits per heavy atom. The summed E-state index contributed by atoms with van der Waals surface area (Å²) in [6, 6.07) is 0. The lowest BCUT2D eigenvalue weighted by atomic mass is 10.2. The summed E-state index contributed by atoms with van der Waals surface area (Å²) < 4.78 is 0. The summed E-state index contributed by atoms with van der Waals surface area (Å²) >= 11 is 5.88. The van der Waals surface area contributed by atoms with Crippen molar-refractivity contribution < 1.29 is 0 Å². The zero-order chi connectivity index (χ0) is 13.2. The number of rotatable bonds is 3. The van der Waals surface area contributed by atoms with Crippen LogP contribution in [0.1, 0.15) is 10.4 Å². The van der Waals surface area contributed by atoms with E-state index in [1.165, 1.54) is 33.1 Å². The van der Waals surface area contributed by atoms with E-state index in [1.807, 2.05) is 0 Å². The number of nitrogens with one attached hydrogen (secondary N) is 1. The van der Waals surface area contributed by atoms with Gasteiger partial charge in [-0.05, 0) is 19.4 Å². The van der Waals surface area contributed by atoms with Gasteiger partial charge in [0.2, 0.25) is 0 Å². The van der Waals surface area contributed by atoms with Gasteiger partial charge in [-0.1, -0.05) is 0 Å². The molecule has 1 atom stereocenters. The van der Waals surface area contributed by atoms with Crippen LogP contribution in [0, 0.1) is 13.8 Å². The molecule has 1 fully saturated rings. The van der Waals surface area contributed by atoms with Crippen molar-refractivity contribution in [2.45, 2.75) is 19.1 Å². The van der Waals surface area contributed by atoms with Crippen LogP contribution in [0.3, 0.4) is 0 Å². The molecule has 0 amide bonds. The fraction of sp³-hybridized carbons (Fsp3) is 0.538. The quantitative estimate of drug-likeness (QED) is 0.938. The molecule has 6 heteroatoms. The van der Waals surface area contributed by atoms with Crippen LogP contribution in [0.25, 0.3) is 10.2 Å². The maximum atomic E-state index is 4.43. The van der Waals surface area contributed by atoms with Crippen molar-refractivity contribution in [3.63, 3.8) is 0 Å². The number of thiophene rings is 1. The van der Waals surface area contributed by atoms with Gasteiger partial charge in [0.1, 0.15) is 17.0 Å². The Labute approximate surface area is 126 Å². The Hall–Kier alpha value is -0.460. The second-order valence-corrected chi connectivity index (χ2v) is 8.40. The highest BCUT2D eigenvalue weighted by molar-refractivity contribution is 8.06. The van der Waals surface area contributed by atoms with E-state index in [4.69, 9.17) is 0 Å². The molecular weight excluding hydrogens is 294 g/mol. The minimum absolute atomic E-state index is 0.698. The minimum atomic E-state index is 0.698. The second-order valence-electron chi connectivity index (χ2n) is 4.63. The molecule has 0 aliphatic carbocycles. The summed E-state index contributed by atoms with van der Waals surface area (Å²) in [5, 5.41) is 5.44. The van der Waals surface area contributed by atoms with Crippen LogP contribution in [-0.2, 0) is 0 Å². The molecule has 0 radical (unpaired) electrons. The zero-order valence-electron chi connectivity index (χ0n) is 11.1. The molecule has 0 spiro atoms. The van der Waals surface area contributed by atoms with Crippen molar-refractivity contribution in [1.82, 2.24) is 9.97 Å². The topological polar surface area (TPSA) is 37.8 Å². The van der Waals surface area contributed by atoms with E-state index >= 15 is 0 Å². The third-order valence-electron chi connectivity index (χ3n) is 3.35. The smallest absolute Gasteiger partial charge is 0.138 e. The van der Waals surface area contributed by atoms with Crippen LogP contribution in [0.4, 0.5) is 5.82 Å². The van der Waals surface area contributed by atoms with Crippen molar-refractivity contribution in [3.05, 3.63) is 16.8 Å². The highest BCUT2D eigenvalue weighted by Crippen LogP contribution is 2.33. The molecule has 1 aliphatic heterocycles. The van der Waals surface area contributed by atoms with Crippen LogP contribution in [0.15, 0.2) is 6.33 Å². The largest absolute Gasteiger partial charge is 0.368 e. The predicted molar refractivity (Wildman–Crippen MR) is 88.9 cm³/mol. The molecule has 1 N–H and O–H groups in total. The molecule has 0 aromatic carbocycles. The van der Waals surface area contributed by atoms with Gasteiger partial charge in [-0.2, -0.15) is 23.5 Å². The summed E-state index contributed by atoms with van der Waals surface area (Å²) in [5.41, 5.74) is 1.31. The summed E-state index contributed by atoms with van der Waals surface area (Å²) in [4.78, 5) is 11.2. The number of hydrogen-bond donors (Lipinski definition) is 1. The number of thioether (sulfide) groups is 2. The zero-order valence-corrected chi connectivity index (χ0v) is 13.6. The van der Waals surface area contributed by atoms with Crippen molar-refractivity contribution in [1.29, 1.82) is 0 Å². The highest BCUT2D eigenvalue weighted by atomic mass is 32.2. The molecule has 0 bridgehead atoms. The van der Waals surface area contributed by atoms with Crippen LogP contribution >= 0.6 is 34.9 Å². The van der Waals surface area contributed by atoms with Gasteiger partial charge in [-0.15, -0.1) is 11.3 Å². The number of aromatic nitrogens is 2. The van der Waals surface area contributed by atoms with Crippen LogP contribution < -0.4 is 5.32 Å². The summed E-state index contributed by atoms with van der Waals surface area (Å²) in [6.45, 7) is 5.31. The fourth-order valence-corrected chi connectivity index (χ4v) is 5.79. The molecule has 2 aromatic heterocycles. The van der Waals surface area contributed by atoms with E-state index in [0.717, 1.165) is 17.2 Å². The maximum Gasteiger partial charge on any atom is 0.138 e. The van der Waals surface area contributed by atoms with Gasteiger partial charge < -0.3 is 5.32 Å². The Kier molecular flexibility index (Phi) is 4.19. The first-order chi connectivity index (χ1) is 9.25. The Morgan fingerprint density at radius 2 is 2.21 bits per heavy atom. The van der Waals surface area contributed by atoms with Crippen molar-refractivity contribution in [2.75, 3.05) is 29.1 Å². The summed E-state index contributed by atoms with van der Waals surface area (Å²) in [6.07, 6.45) is 1.67. The Bertz CT molecular complexity index is 576. The molecular formula is C13H17N3S3. The van der Waals surface area contributed by atoms with Gasteiger partial charge in [-0.25, -0.2) is 9.97 Å². The Balaban J connectivity index is 1.80. The van der Waals surface area contributed by atoms with E-state index in [2.05, 4.69) is 52.7 Å². The maximum absolute atomic E-state index is 4.43. The molecule has 102 valence electrons. The molecule has 3 heterocycles. The highest BCUT2D eigenvalue weighted by Gasteiger charge is 2.16. The lowest BCUT2D eigenvalue weighted by molar-refractivity contribution is 0.993. The molecule has 1 saturated heterocycles. The van der Waals surface area contributed by atoms with Gasteiger partial charge in [-0.3, -0.25) is 0 Å². The molecule has 19 heavy (non-hydrogen) atoms. The monoisotopic (exact) mass is 311 g/mol. The first-order valence-electron chi connectivity index (χ1n) is 6.39. The van der Waals surface area contributed by atoms with Gasteiger partial charge >= 0.3 is 0 Å². The normalized spacial score (nSPS) is 19.8. The van der Waals surface area contributed by atoms with Gasteiger partial charge in [0.25, 0.3) is 0 Å². The molecule has 3 rings (SSSR count). The molecule has 1 aliphatic rings. The van der Waals surface area contributed by atoms with E-state index in [-0.39, 0.29) is 0 Å². The summed E-state index contributed by atoms with van der Waals surface area (Å²) in [7, 11) is 0. The van der Waals surface area contributed by atoms with Crippen molar-refractivity contribution >= 4 is 50.9 Å². The number of nitrogens with zero attached hydrogens (tertiary/aromatic N) is 2. The van der Waals surface area contributed by atoms with E-state index < -0.39 is 0 Å². The van der Waals surface area contributed by atoms with Gasteiger partial charge in [0.05, 0.1) is 5.39 Å². The van der Waals surface area contributed by atoms with Gasteiger partial charge in [0, 0.05) is 33.9 Å². The van der Waals surface area contributed by atoms with Crippen LogP contribution in [0.2, 0.25) is 0 Å². The van der Waals surface area contributed by atoms with Crippen LogP contribution in [0.5, 0.6) is 0 Å². The third-order valence-corrected chi connectivity index (χ3v) is 7.31. The fourth-order valence-electron chi connectivity index (χ4n) is 2.18. The Morgan fingerprint density at radius 1 is 1.32 bits per heavy atom. The predicted octanol–water partition coefficient (Wildman–Crippen LogP) is 3.57. The lowest BCUT2D eigenvalue weighted by Gasteiger charge is -2.21. The van der Waals surface area contributed by atoms with E-state index in [1.54, 1.807) is 17.7 Å². The minimum Gasteiger partial charge on any atom is -0.368 e. The van der Waals surface area contributed by atoms with E-state index in [9.17, 15) is 0 Å². The van der Waals surface area contributed by atoms with Crippen molar-refractivity contribution in [3.8, 4) is 0 Å². The number of anilines is 1. The number of aryl methyl sites for hydroxylation is 2. The first-order valence-corrected chi connectivity index (χ1v) is 9.41. The number of fused-ring (bicyclic) bond motifs is 1. The van der Waals surface area contributed by atoms with E-state index in [0.29, 0.717) is 5.25 Å². The van der Waals surface area contributed by atoms with Crippen LogP contribution in [-0.4, -0.2) is 39.0 Å². The average molecular weight is 312 g/mol. The average Bonchev–Trinajstić information content (AvgIpc) is 2.74. The SMILES string of the molecule is Cc1sc2ncnc(NCC3CSCCS3)c2c1C. The van der Waals surface area contributed by atoms with Crippen molar-refractivity contribution in [2.24, 2.45) is 0 Å². The molecule has 1 unspecified atom stereocenters. The standard InChI is InChI=1S/C13H17N3S3/c1-8-9(2)19-13-11(8)12(15-7-16-13)14-5-10-6-17-3-4-18-10/h7,10H,3-6H2,1-2H3,(H,14,15,16). The summed E-state index contributed by atoms with van der Waals surface area (Å²) in [5.74, 6) is 4.81.